The van der Waals surface area contributed by atoms with Crippen molar-refractivity contribution >= 4 is 46.3 Å². The van der Waals surface area contributed by atoms with E-state index < -0.39 is 0 Å². The van der Waals surface area contributed by atoms with E-state index in [0.717, 1.165) is 29.7 Å². The summed E-state index contributed by atoms with van der Waals surface area (Å²) in [5, 5.41) is 15.6. The molecule has 0 saturated carbocycles. The van der Waals surface area contributed by atoms with Gasteiger partial charge < -0.3 is 15.5 Å². The number of nitrogens with one attached hydrogen (secondary N) is 2. The van der Waals surface area contributed by atoms with Gasteiger partial charge in [0.25, 0.3) is 5.91 Å². The topological polar surface area (TPSA) is 87.2 Å². The lowest BCUT2D eigenvalue weighted by Crippen LogP contribution is -2.34. The molecule has 160 valence electrons. The Labute approximate surface area is 189 Å². The number of benzene rings is 2. The van der Waals surface area contributed by atoms with Crippen molar-refractivity contribution in [3.05, 3.63) is 68.6 Å². The van der Waals surface area contributed by atoms with E-state index in [1.807, 2.05) is 32.0 Å². The molecule has 2 heterocycles. The lowest BCUT2D eigenvalue weighted by molar-refractivity contribution is 0.102. The van der Waals surface area contributed by atoms with Gasteiger partial charge in [-0.3, -0.25) is 4.79 Å². The normalized spacial score (nSPS) is 15.7. The SMILES string of the molecule is Cc1cccc(NC(=O)N2CCC[C@@H]2c2nnc(C(=O)Nc3ccc(Cl)cc3)s2)c1C. The summed E-state index contributed by atoms with van der Waals surface area (Å²) in [6.07, 6.45) is 1.66. The maximum atomic E-state index is 13.0. The van der Waals surface area contributed by atoms with Crippen molar-refractivity contribution in [2.24, 2.45) is 0 Å². The Hall–Kier alpha value is -2.97. The Bertz CT molecular complexity index is 1120. The van der Waals surface area contributed by atoms with E-state index >= 15 is 0 Å². The van der Waals surface area contributed by atoms with E-state index in [1.165, 1.54) is 11.3 Å². The van der Waals surface area contributed by atoms with Crippen molar-refractivity contribution in [2.75, 3.05) is 17.2 Å². The van der Waals surface area contributed by atoms with Crippen LogP contribution in [0.1, 0.15) is 44.8 Å². The van der Waals surface area contributed by atoms with Gasteiger partial charge in [-0.1, -0.05) is 35.1 Å². The van der Waals surface area contributed by atoms with Crippen LogP contribution >= 0.6 is 22.9 Å². The first-order valence-corrected chi connectivity index (χ1v) is 11.2. The zero-order valence-electron chi connectivity index (χ0n) is 17.2. The van der Waals surface area contributed by atoms with Crippen LogP contribution in [0.5, 0.6) is 0 Å². The molecule has 0 bridgehead atoms. The van der Waals surface area contributed by atoms with Crippen LogP contribution < -0.4 is 10.6 Å². The molecule has 1 aliphatic heterocycles. The van der Waals surface area contributed by atoms with Gasteiger partial charge in [0.05, 0.1) is 6.04 Å². The minimum absolute atomic E-state index is 0.168. The molecule has 0 radical (unpaired) electrons. The summed E-state index contributed by atoms with van der Waals surface area (Å²) in [5.74, 6) is -0.338. The minimum atomic E-state index is -0.338. The number of carbonyl (C=O) groups is 2. The number of anilines is 2. The average Bonchev–Trinajstić information content (AvgIpc) is 3.42. The fourth-order valence-electron chi connectivity index (χ4n) is 3.52. The van der Waals surface area contributed by atoms with Crippen molar-refractivity contribution in [1.82, 2.24) is 15.1 Å². The summed E-state index contributed by atoms with van der Waals surface area (Å²) in [7, 11) is 0. The Balaban J connectivity index is 1.46. The molecule has 1 aliphatic rings. The van der Waals surface area contributed by atoms with Crippen molar-refractivity contribution in [1.29, 1.82) is 0 Å². The van der Waals surface area contributed by atoms with E-state index in [1.54, 1.807) is 29.2 Å². The number of carbonyl (C=O) groups excluding carboxylic acids is 2. The zero-order valence-corrected chi connectivity index (χ0v) is 18.8. The molecular weight excluding hydrogens is 434 g/mol. The second kappa shape index (κ2) is 9.03. The first-order valence-electron chi connectivity index (χ1n) is 9.96. The number of rotatable bonds is 4. The van der Waals surface area contributed by atoms with Crippen molar-refractivity contribution in [3.8, 4) is 0 Å². The van der Waals surface area contributed by atoms with Gasteiger partial charge in [0.1, 0.15) is 5.01 Å². The number of halogens is 1. The van der Waals surface area contributed by atoms with Crippen molar-refractivity contribution in [3.63, 3.8) is 0 Å². The van der Waals surface area contributed by atoms with Gasteiger partial charge in [-0.2, -0.15) is 0 Å². The molecule has 9 heteroatoms. The first kappa shape index (κ1) is 21.3. The van der Waals surface area contributed by atoms with Crippen molar-refractivity contribution in [2.45, 2.75) is 32.7 Å². The number of hydrogen-bond acceptors (Lipinski definition) is 5. The highest BCUT2D eigenvalue weighted by molar-refractivity contribution is 7.13. The monoisotopic (exact) mass is 455 g/mol. The number of aryl methyl sites for hydroxylation is 1. The molecule has 1 saturated heterocycles. The van der Waals surface area contributed by atoms with Gasteiger partial charge in [-0.25, -0.2) is 4.79 Å². The Morgan fingerprint density at radius 3 is 2.65 bits per heavy atom. The van der Waals surface area contributed by atoms with Crippen LogP contribution in [0.3, 0.4) is 0 Å². The number of aromatic nitrogens is 2. The van der Waals surface area contributed by atoms with Crippen LogP contribution in [0.15, 0.2) is 42.5 Å². The Kier molecular flexibility index (Phi) is 6.20. The Morgan fingerprint density at radius 1 is 1.10 bits per heavy atom. The lowest BCUT2D eigenvalue weighted by Gasteiger charge is -2.23. The molecule has 3 aromatic rings. The fraction of sp³-hybridized carbons (Fsp3) is 0.273. The van der Waals surface area contributed by atoms with Crippen LogP contribution in [0, 0.1) is 13.8 Å². The predicted octanol–water partition coefficient (Wildman–Crippen LogP) is 5.43. The average molecular weight is 456 g/mol. The molecule has 7 nitrogen and oxygen atoms in total. The number of nitrogens with zero attached hydrogens (tertiary/aromatic N) is 3. The predicted molar refractivity (Wildman–Crippen MR) is 123 cm³/mol. The number of amides is 3. The van der Waals surface area contributed by atoms with E-state index in [2.05, 4.69) is 20.8 Å². The second-order valence-corrected chi connectivity index (χ2v) is 8.88. The van der Waals surface area contributed by atoms with E-state index in [-0.39, 0.29) is 23.0 Å². The fourth-order valence-corrected chi connectivity index (χ4v) is 4.53. The Morgan fingerprint density at radius 2 is 1.87 bits per heavy atom. The molecule has 1 atom stereocenters. The molecule has 1 aromatic heterocycles. The quantitative estimate of drug-likeness (QED) is 0.549. The number of urea groups is 1. The molecule has 1 fully saturated rings. The summed E-state index contributed by atoms with van der Waals surface area (Å²) >= 11 is 7.09. The molecule has 2 N–H and O–H groups in total. The van der Waals surface area contributed by atoms with E-state index in [0.29, 0.717) is 22.3 Å². The molecular formula is C22H22ClN5O2S. The van der Waals surface area contributed by atoms with Crippen molar-refractivity contribution < 1.29 is 9.59 Å². The highest BCUT2D eigenvalue weighted by atomic mass is 35.5. The van der Waals surface area contributed by atoms with Gasteiger partial charge in [0, 0.05) is 22.9 Å². The van der Waals surface area contributed by atoms with Gasteiger partial charge in [0.15, 0.2) is 0 Å². The largest absolute Gasteiger partial charge is 0.322 e. The first-order chi connectivity index (χ1) is 14.9. The summed E-state index contributed by atoms with van der Waals surface area (Å²) in [5.41, 5.74) is 3.59. The van der Waals surface area contributed by atoms with Crippen LogP contribution in [0.2, 0.25) is 5.02 Å². The van der Waals surface area contributed by atoms with Crippen LogP contribution in [-0.2, 0) is 0 Å². The molecule has 4 rings (SSSR count). The van der Waals surface area contributed by atoms with Gasteiger partial charge in [0.2, 0.25) is 5.01 Å². The van der Waals surface area contributed by atoms with Gasteiger partial charge in [-0.15, -0.1) is 10.2 Å². The number of likely N-dealkylation sites (tertiary alicyclic amines) is 1. The van der Waals surface area contributed by atoms with Crippen LogP contribution in [-0.4, -0.2) is 33.6 Å². The highest BCUT2D eigenvalue weighted by Gasteiger charge is 2.33. The highest BCUT2D eigenvalue weighted by Crippen LogP contribution is 2.34. The molecule has 0 spiro atoms. The summed E-state index contributed by atoms with van der Waals surface area (Å²) in [6.45, 7) is 4.64. The molecule has 0 unspecified atom stereocenters. The standard InChI is InChI=1S/C22H22ClN5O2S/c1-13-5-3-6-17(14(13)2)25-22(30)28-12-4-7-18(28)20-26-27-21(31-20)19(29)24-16-10-8-15(23)9-11-16/h3,5-6,8-11,18H,4,7,12H2,1-2H3,(H,24,29)(H,25,30)/t18-/m1/s1. The second-order valence-electron chi connectivity index (χ2n) is 7.44. The van der Waals surface area contributed by atoms with Crippen LogP contribution in [0.25, 0.3) is 0 Å². The summed E-state index contributed by atoms with van der Waals surface area (Å²) in [6, 6.07) is 12.3. The molecule has 0 aliphatic carbocycles. The number of hydrogen-bond donors (Lipinski definition) is 2. The maximum absolute atomic E-state index is 13.0. The molecule has 2 aromatic carbocycles. The summed E-state index contributed by atoms with van der Waals surface area (Å²) in [4.78, 5) is 27.2. The van der Waals surface area contributed by atoms with E-state index in [4.69, 9.17) is 11.6 Å². The summed E-state index contributed by atoms with van der Waals surface area (Å²) < 4.78 is 0. The van der Waals surface area contributed by atoms with Gasteiger partial charge in [-0.05, 0) is 68.1 Å². The van der Waals surface area contributed by atoms with Gasteiger partial charge >= 0.3 is 6.03 Å². The minimum Gasteiger partial charge on any atom is -0.320 e. The third kappa shape index (κ3) is 4.70. The third-order valence-electron chi connectivity index (χ3n) is 5.38. The smallest absolute Gasteiger partial charge is 0.320 e. The van der Waals surface area contributed by atoms with Crippen LogP contribution in [0.4, 0.5) is 16.2 Å². The van der Waals surface area contributed by atoms with E-state index in [9.17, 15) is 9.59 Å². The lowest BCUT2D eigenvalue weighted by atomic mass is 10.1. The molecule has 3 amide bonds. The maximum Gasteiger partial charge on any atom is 0.322 e. The zero-order chi connectivity index (χ0) is 22.0. The third-order valence-corrected chi connectivity index (χ3v) is 6.66. The molecule has 31 heavy (non-hydrogen) atoms.